The third-order valence-electron chi connectivity index (χ3n) is 0. The molecule has 0 aliphatic rings. The topological polar surface area (TPSA) is 0 Å². The van der Waals surface area contributed by atoms with Gasteiger partial charge in [-0.25, -0.2) is 0 Å². The molecule has 0 saturated heterocycles. The van der Waals surface area contributed by atoms with Crippen LogP contribution in [-0.2, 0) is 0 Å². The molecule has 0 rings (SSSR count). The molecule has 0 atom stereocenters. The predicted molar refractivity (Wildman–Crippen MR) is 225 cm³/mol. The summed E-state index contributed by atoms with van der Waals surface area (Å²) >= 11 is 0. The van der Waals surface area contributed by atoms with Crippen LogP contribution in [0.2, 0.25) is 0 Å². The Bertz CT molecular complexity index is 6.37. The first-order chi connectivity index (χ1) is 0. The summed E-state index contributed by atoms with van der Waals surface area (Å²) < 4.78 is 0. The molecule has 0 aromatic carbocycles. The molecule has 0 aromatic rings. The minimum absolute atomic E-state index is 0. The zero-order chi connectivity index (χ0) is 0. The molecule has 31 heteroatoms. The Hall–Kier alpha value is 9.70. The third-order valence-corrected chi connectivity index (χ3v) is 0. The van der Waals surface area contributed by atoms with Crippen molar-refractivity contribution in [2.24, 2.45) is 0 Å². The Morgan fingerprint density at radius 1 is 0.0645 bits per heavy atom. The van der Waals surface area contributed by atoms with Crippen LogP contribution in [0, 0.1) is 0 Å². The zero-order valence-electron chi connectivity index (χ0n) is 12.2. The van der Waals surface area contributed by atoms with E-state index in [1.165, 1.54) is 0 Å². The van der Waals surface area contributed by atoms with Crippen molar-refractivity contribution in [3.05, 3.63) is 0 Å². The second kappa shape index (κ2) is 632. The molecule has 31 heavy (non-hydrogen) atoms. The van der Waals surface area contributed by atoms with Crippen LogP contribution in [0.4, 0.5) is 0 Å². The standard InChI is InChI=1S/30ClH.Na.H/h30*1H;;. The first kappa shape index (κ1) is 682. The second-order valence-electron chi connectivity index (χ2n) is 0. The molecule has 0 aromatic heterocycles. The van der Waals surface area contributed by atoms with Crippen molar-refractivity contribution in [2.45, 2.75) is 0 Å². The van der Waals surface area contributed by atoms with Gasteiger partial charge in [-0.15, -0.1) is 372 Å². The fourth-order valence-electron chi connectivity index (χ4n) is 0. The molecule has 0 aliphatic carbocycles. The van der Waals surface area contributed by atoms with E-state index in [1.54, 1.807) is 0 Å². The van der Waals surface area contributed by atoms with E-state index in [4.69, 9.17) is 0 Å². The van der Waals surface area contributed by atoms with Crippen LogP contribution in [0.15, 0.2) is 0 Å². The Morgan fingerprint density at radius 2 is 0.0645 bits per heavy atom. The summed E-state index contributed by atoms with van der Waals surface area (Å²) in [6.07, 6.45) is 0. The summed E-state index contributed by atoms with van der Waals surface area (Å²) in [4.78, 5) is 0. The van der Waals surface area contributed by atoms with Crippen molar-refractivity contribution >= 4 is 402 Å². The van der Waals surface area contributed by atoms with E-state index in [1.807, 2.05) is 0 Å². The van der Waals surface area contributed by atoms with Crippen LogP contribution in [0.1, 0.15) is 0 Å². The number of hydrogen-bond donors (Lipinski definition) is 0. The molecule has 0 N–H and O–H groups in total. The molecule has 0 amide bonds. The van der Waals surface area contributed by atoms with E-state index in [-0.39, 0.29) is 402 Å². The van der Waals surface area contributed by atoms with Crippen LogP contribution in [-0.4, -0.2) is 29.6 Å². The summed E-state index contributed by atoms with van der Waals surface area (Å²) in [5, 5.41) is 0. The maximum atomic E-state index is 0. The van der Waals surface area contributed by atoms with Crippen LogP contribution in [0.5, 0.6) is 0 Å². The van der Waals surface area contributed by atoms with Gasteiger partial charge in [0.15, 0.2) is 0 Å². The van der Waals surface area contributed by atoms with Gasteiger partial charge in [-0.05, 0) is 0 Å². The number of rotatable bonds is 0. The Kier molecular flexibility index (Phi) is 13900. The summed E-state index contributed by atoms with van der Waals surface area (Å²) in [5.41, 5.74) is 0. The van der Waals surface area contributed by atoms with E-state index in [0.29, 0.717) is 0 Å². The van der Waals surface area contributed by atoms with E-state index < -0.39 is 0 Å². The molecular weight excluding hydrogens is 1090 g/mol. The van der Waals surface area contributed by atoms with Crippen LogP contribution >= 0.6 is 372 Å². The molecule has 0 bridgehead atoms. The minimum atomic E-state index is 0. The normalized spacial score (nSPS) is 0. The Labute approximate surface area is 394 Å². The fourth-order valence-corrected chi connectivity index (χ4v) is 0. The Balaban J connectivity index is 0. The molecule has 242 valence electrons. The molecule has 0 aliphatic heterocycles. The maximum absolute atomic E-state index is 0. The van der Waals surface area contributed by atoms with Gasteiger partial charge in [-0.1, -0.05) is 0 Å². The summed E-state index contributed by atoms with van der Waals surface area (Å²) in [7, 11) is 0. The molecular formula is H31Cl30Na. The fraction of sp³-hybridized carbons (Fsp3) is 0. The van der Waals surface area contributed by atoms with Crippen molar-refractivity contribution in [2.75, 3.05) is 0 Å². The van der Waals surface area contributed by atoms with Gasteiger partial charge in [-0.3, -0.25) is 0 Å². The van der Waals surface area contributed by atoms with Gasteiger partial charge < -0.3 is 0 Å². The van der Waals surface area contributed by atoms with Gasteiger partial charge in [-0.2, -0.15) is 0 Å². The molecule has 0 radical (unpaired) electrons. The molecule has 0 unspecified atom stereocenters. The summed E-state index contributed by atoms with van der Waals surface area (Å²) in [5.74, 6) is 0. The monoisotopic (exact) mass is 1100 g/mol. The van der Waals surface area contributed by atoms with E-state index >= 15 is 0 Å². The molecule has 0 spiro atoms. The van der Waals surface area contributed by atoms with Crippen LogP contribution in [0.3, 0.4) is 0 Å². The molecule has 0 fully saturated rings. The zero-order valence-corrected chi connectivity index (χ0v) is 36.7. The van der Waals surface area contributed by atoms with Gasteiger partial charge in [0.05, 0.1) is 0 Å². The SMILES string of the molecule is Cl.Cl.Cl.Cl.Cl.Cl.Cl.Cl.Cl.Cl.Cl.Cl.Cl.Cl.Cl.Cl.Cl.Cl.Cl.Cl.Cl.Cl.Cl.Cl.Cl.Cl.Cl.Cl.Cl.Cl.[NaH]. The van der Waals surface area contributed by atoms with E-state index in [9.17, 15) is 0 Å². The van der Waals surface area contributed by atoms with Gasteiger partial charge in [0.1, 0.15) is 0 Å². The van der Waals surface area contributed by atoms with Crippen molar-refractivity contribution < 1.29 is 0 Å². The van der Waals surface area contributed by atoms with Crippen molar-refractivity contribution in [1.82, 2.24) is 0 Å². The quantitative estimate of drug-likeness (QED) is 0.212. The van der Waals surface area contributed by atoms with E-state index in [0.717, 1.165) is 0 Å². The first-order valence-corrected chi connectivity index (χ1v) is 0. The molecule has 0 heterocycles. The Morgan fingerprint density at radius 3 is 0.0645 bits per heavy atom. The van der Waals surface area contributed by atoms with E-state index in [2.05, 4.69) is 0 Å². The summed E-state index contributed by atoms with van der Waals surface area (Å²) in [6.45, 7) is 0. The van der Waals surface area contributed by atoms with Gasteiger partial charge in [0, 0.05) is 0 Å². The van der Waals surface area contributed by atoms with Gasteiger partial charge in [0.2, 0.25) is 0 Å². The predicted octanol–water partition coefficient (Wildman–Crippen LogP) is 12.0. The molecule has 0 nitrogen and oxygen atoms in total. The first-order valence-electron chi connectivity index (χ1n) is 0. The third kappa shape index (κ3) is 600. The van der Waals surface area contributed by atoms with Crippen LogP contribution in [0.25, 0.3) is 0 Å². The van der Waals surface area contributed by atoms with Gasteiger partial charge >= 0.3 is 29.6 Å². The molecule has 0 saturated carbocycles. The number of halogens is 30. The van der Waals surface area contributed by atoms with Crippen molar-refractivity contribution in [3.63, 3.8) is 0 Å². The average Bonchev–Trinajstić information content (AvgIpc) is 0. The van der Waals surface area contributed by atoms with Crippen LogP contribution < -0.4 is 0 Å². The van der Waals surface area contributed by atoms with Crippen molar-refractivity contribution in [3.8, 4) is 0 Å². The van der Waals surface area contributed by atoms with Gasteiger partial charge in [0.25, 0.3) is 0 Å². The average molecular weight is 1120 g/mol. The van der Waals surface area contributed by atoms with Crippen molar-refractivity contribution in [1.29, 1.82) is 0 Å². The number of hydrogen-bond acceptors (Lipinski definition) is 0. The second-order valence-corrected chi connectivity index (χ2v) is 0. The summed E-state index contributed by atoms with van der Waals surface area (Å²) in [6, 6.07) is 0.